The third-order valence-electron chi connectivity index (χ3n) is 4.06. The lowest BCUT2D eigenvalue weighted by atomic mass is 10.1. The van der Waals surface area contributed by atoms with Gasteiger partial charge in [0.1, 0.15) is 5.69 Å². The van der Waals surface area contributed by atoms with E-state index in [4.69, 9.17) is 0 Å². The lowest BCUT2D eigenvalue weighted by Crippen LogP contribution is -2.35. The van der Waals surface area contributed by atoms with Gasteiger partial charge in [0, 0.05) is 36.6 Å². The molecule has 1 saturated heterocycles. The summed E-state index contributed by atoms with van der Waals surface area (Å²) in [4.78, 5) is 30.4. The molecule has 2 amide bonds. The fourth-order valence-electron chi connectivity index (χ4n) is 2.74. The number of nitrogens with one attached hydrogen (secondary N) is 1. The van der Waals surface area contributed by atoms with Gasteiger partial charge in [0.2, 0.25) is 0 Å². The van der Waals surface area contributed by atoms with Crippen LogP contribution in [0.4, 0.5) is 14.5 Å². The Kier molecular flexibility index (Phi) is 5.02. The third-order valence-corrected chi connectivity index (χ3v) is 4.06. The van der Waals surface area contributed by atoms with Crippen LogP contribution in [0.15, 0.2) is 36.5 Å². The number of pyridine rings is 1. The molecule has 2 heterocycles. The Morgan fingerprint density at radius 3 is 2.48 bits per heavy atom. The number of carbonyl (C=O) groups excluding carboxylic acids is 2. The minimum absolute atomic E-state index is 0.0348. The van der Waals surface area contributed by atoms with Crippen LogP contribution in [0.1, 0.15) is 40.1 Å². The maximum absolute atomic E-state index is 13.2. The van der Waals surface area contributed by atoms with E-state index >= 15 is 0 Å². The number of hydrogen-bond acceptors (Lipinski definition) is 3. The molecule has 1 aliphatic rings. The van der Waals surface area contributed by atoms with Crippen molar-refractivity contribution in [2.75, 3.05) is 18.4 Å². The van der Waals surface area contributed by atoms with Crippen LogP contribution in [-0.2, 0) is 0 Å². The Hall–Kier alpha value is -2.83. The van der Waals surface area contributed by atoms with Gasteiger partial charge < -0.3 is 10.2 Å². The van der Waals surface area contributed by atoms with E-state index in [1.54, 1.807) is 11.0 Å². The van der Waals surface area contributed by atoms with Crippen molar-refractivity contribution in [2.45, 2.75) is 19.3 Å². The molecular weight excluding hydrogens is 328 g/mol. The maximum atomic E-state index is 13.2. The van der Waals surface area contributed by atoms with Crippen LogP contribution in [0.2, 0.25) is 0 Å². The summed E-state index contributed by atoms with van der Waals surface area (Å²) in [7, 11) is 0. The summed E-state index contributed by atoms with van der Waals surface area (Å²) in [5, 5.41) is 2.44. The zero-order valence-electron chi connectivity index (χ0n) is 13.5. The number of aromatic nitrogens is 1. The summed E-state index contributed by atoms with van der Waals surface area (Å²) in [5.41, 5.74) is 0.526. The van der Waals surface area contributed by atoms with Crippen molar-refractivity contribution >= 4 is 17.5 Å². The predicted molar refractivity (Wildman–Crippen MR) is 88.3 cm³/mol. The van der Waals surface area contributed by atoms with Crippen LogP contribution in [-0.4, -0.2) is 34.8 Å². The Morgan fingerprint density at radius 1 is 1.00 bits per heavy atom. The highest BCUT2D eigenvalue weighted by atomic mass is 19.2. The average Bonchev–Trinajstić information content (AvgIpc) is 2.65. The lowest BCUT2D eigenvalue weighted by Gasteiger charge is -2.26. The molecule has 2 aromatic rings. The van der Waals surface area contributed by atoms with E-state index in [-0.39, 0.29) is 17.3 Å². The molecule has 1 aliphatic heterocycles. The van der Waals surface area contributed by atoms with E-state index in [1.165, 1.54) is 18.3 Å². The fraction of sp³-hybridized carbons (Fsp3) is 0.278. The molecule has 0 aliphatic carbocycles. The molecule has 7 heteroatoms. The molecule has 0 unspecified atom stereocenters. The SMILES string of the molecule is O=C(Nc1ccc(F)c(F)c1)c1cc(C(=O)N2CCCCC2)ccn1. The van der Waals surface area contributed by atoms with E-state index in [2.05, 4.69) is 10.3 Å². The summed E-state index contributed by atoms with van der Waals surface area (Å²) in [6.45, 7) is 1.41. The van der Waals surface area contributed by atoms with Crippen LogP contribution in [0.25, 0.3) is 0 Å². The smallest absolute Gasteiger partial charge is 0.274 e. The Bertz CT molecular complexity index is 805. The second-order valence-electron chi connectivity index (χ2n) is 5.87. The number of carbonyl (C=O) groups is 2. The van der Waals surface area contributed by atoms with Crippen LogP contribution < -0.4 is 5.32 Å². The quantitative estimate of drug-likeness (QED) is 0.929. The Balaban J connectivity index is 1.74. The van der Waals surface area contributed by atoms with Gasteiger partial charge in [-0.05, 0) is 43.5 Å². The van der Waals surface area contributed by atoms with Gasteiger partial charge in [0.05, 0.1) is 0 Å². The first-order chi connectivity index (χ1) is 12.0. The molecule has 0 atom stereocenters. The maximum Gasteiger partial charge on any atom is 0.274 e. The molecule has 1 fully saturated rings. The number of nitrogens with zero attached hydrogens (tertiary/aromatic N) is 2. The summed E-state index contributed by atoms with van der Waals surface area (Å²) in [6.07, 6.45) is 4.44. The van der Waals surface area contributed by atoms with E-state index in [1.807, 2.05) is 0 Å². The molecule has 0 spiro atoms. The second kappa shape index (κ2) is 7.38. The Morgan fingerprint density at radius 2 is 1.76 bits per heavy atom. The van der Waals surface area contributed by atoms with Gasteiger partial charge in [0.15, 0.2) is 11.6 Å². The fourth-order valence-corrected chi connectivity index (χ4v) is 2.74. The summed E-state index contributed by atoms with van der Waals surface area (Å²) >= 11 is 0. The topological polar surface area (TPSA) is 62.3 Å². The largest absolute Gasteiger partial charge is 0.339 e. The van der Waals surface area contributed by atoms with Crippen molar-refractivity contribution in [1.29, 1.82) is 0 Å². The first kappa shape index (κ1) is 17.0. The number of halogens is 2. The average molecular weight is 345 g/mol. The Labute approximate surface area is 143 Å². The number of benzene rings is 1. The molecular formula is C18H17F2N3O2. The molecule has 25 heavy (non-hydrogen) atoms. The highest BCUT2D eigenvalue weighted by molar-refractivity contribution is 6.04. The number of amides is 2. The van der Waals surface area contributed by atoms with Crippen molar-refractivity contribution in [2.24, 2.45) is 0 Å². The number of anilines is 1. The minimum atomic E-state index is -1.06. The van der Waals surface area contributed by atoms with E-state index < -0.39 is 17.5 Å². The zero-order chi connectivity index (χ0) is 17.8. The van der Waals surface area contributed by atoms with E-state index in [0.29, 0.717) is 18.7 Å². The van der Waals surface area contributed by atoms with Crippen molar-refractivity contribution in [3.8, 4) is 0 Å². The standard InChI is InChI=1S/C18H17F2N3O2/c19-14-5-4-13(11-15(14)20)22-17(24)16-10-12(6-7-21-16)18(25)23-8-2-1-3-9-23/h4-7,10-11H,1-3,8-9H2,(H,22,24). The molecule has 0 saturated carbocycles. The van der Waals surface area contributed by atoms with Gasteiger partial charge in [-0.1, -0.05) is 0 Å². The molecule has 1 aromatic heterocycles. The van der Waals surface area contributed by atoms with Gasteiger partial charge in [-0.3, -0.25) is 14.6 Å². The highest BCUT2D eigenvalue weighted by Gasteiger charge is 2.19. The lowest BCUT2D eigenvalue weighted by molar-refractivity contribution is 0.0724. The van der Waals surface area contributed by atoms with Crippen LogP contribution in [0.3, 0.4) is 0 Å². The molecule has 1 N–H and O–H groups in total. The number of hydrogen-bond donors (Lipinski definition) is 1. The summed E-state index contributed by atoms with van der Waals surface area (Å²) < 4.78 is 26.2. The van der Waals surface area contributed by atoms with Crippen LogP contribution in [0.5, 0.6) is 0 Å². The summed E-state index contributed by atoms with van der Waals surface area (Å²) in [5.74, 6) is -2.78. The predicted octanol–water partition coefficient (Wildman–Crippen LogP) is 3.24. The normalized spacial score (nSPS) is 14.2. The number of rotatable bonds is 3. The first-order valence-electron chi connectivity index (χ1n) is 8.06. The highest BCUT2D eigenvalue weighted by Crippen LogP contribution is 2.16. The van der Waals surface area contributed by atoms with Gasteiger partial charge >= 0.3 is 0 Å². The van der Waals surface area contributed by atoms with E-state index in [0.717, 1.165) is 31.4 Å². The van der Waals surface area contributed by atoms with Gasteiger partial charge in [-0.15, -0.1) is 0 Å². The zero-order valence-corrected chi connectivity index (χ0v) is 13.5. The molecule has 1 aromatic carbocycles. The van der Waals surface area contributed by atoms with Crippen molar-refractivity contribution in [3.63, 3.8) is 0 Å². The third kappa shape index (κ3) is 3.99. The molecule has 5 nitrogen and oxygen atoms in total. The second-order valence-corrected chi connectivity index (χ2v) is 5.87. The number of piperidine rings is 1. The minimum Gasteiger partial charge on any atom is -0.339 e. The number of likely N-dealkylation sites (tertiary alicyclic amines) is 1. The molecule has 3 rings (SSSR count). The van der Waals surface area contributed by atoms with Gasteiger partial charge in [-0.2, -0.15) is 0 Å². The van der Waals surface area contributed by atoms with E-state index in [9.17, 15) is 18.4 Å². The van der Waals surface area contributed by atoms with Crippen molar-refractivity contribution < 1.29 is 18.4 Å². The van der Waals surface area contributed by atoms with Gasteiger partial charge in [0.25, 0.3) is 11.8 Å². The molecule has 0 radical (unpaired) electrons. The monoisotopic (exact) mass is 345 g/mol. The van der Waals surface area contributed by atoms with Crippen molar-refractivity contribution in [3.05, 3.63) is 59.4 Å². The molecule has 130 valence electrons. The first-order valence-corrected chi connectivity index (χ1v) is 8.06. The van der Waals surface area contributed by atoms with Crippen molar-refractivity contribution in [1.82, 2.24) is 9.88 Å². The van der Waals surface area contributed by atoms with Crippen LogP contribution in [0, 0.1) is 11.6 Å². The van der Waals surface area contributed by atoms with Gasteiger partial charge in [-0.25, -0.2) is 8.78 Å². The summed E-state index contributed by atoms with van der Waals surface area (Å²) in [6, 6.07) is 6.03. The molecule has 0 bridgehead atoms. The van der Waals surface area contributed by atoms with Crippen LogP contribution >= 0.6 is 0 Å².